The highest BCUT2D eigenvalue weighted by Crippen LogP contribution is 2.34. The Hall–Kier alpha value is -2.70. The first-order valence-electron chi connectivity index (χ1n) is 8.47. The van der Waals surface area contributed by atoms with E-state index in [-0.39, 0.29) is 12.5 Å². The van der Waals surface area contributed by atoms with Crippen LogP contribution >= 0.6 is 0 Å². The Morgan fingerprint density at radius 3 is 2.72 bits per heavy atom. The molecule has 0 saturated carbocycles. The van der Waals surface area contributed by atoms with Crippen LogP contribution in [0, 0.1) is 0 Å². The van der Waals surface area contributed by atoms with Crippen molar-refractivity contribution in [2.75, 3.05) is 32.8 Å². The van der Waals surface area contributed by atoms with Gasteiger partial charge in [-0.1, -0.05) is 12.1 Å². The van der Waals surface area contributed by atoms with E-state index < -0.39 is 5.97 Å². The number of carboxylic acids is 1. The molecule has 0 bridgehead atoms. The molecule has 2 aliphatic heterocycles. The molecule has 2 N–H and O–H groups in total. The zero-order chi connectivity index (χ0) is 17.6. The van der Waals surface area contributed by atoms with Gasteiger partial charge in [0.1, 0.15) is 13.2 Å². The Morgan fingerprint density at radius 2 is 2.00 bits per heavy atom. The van der Waals surface area contributed by atoms with Crippen LogP contribution in [0.15, 0.2) is 24.3 Å². The molecule has 134 valence electrons. The van der Waals surface area contributed by atoms with Gasteiger partial charge in [-0.3, -0.25) is 4.79 Å². The number of carboxylic acid groups (broad SMARTS) is 1. The molecule has 25 heavy (non-hydrogen) atoms. The first kappa shape index (κ1) is 17.1. The number of benzene rings is 1. The number of urea groups is 1. The second-order valence-electron chi connectivity index (χ2n) is 6.01. The van der Waals surface area contributed by atoms with E-state index in [2.05, 4.69) is 5.32 Å². The first-order valence-corrected chi connectivity index (χ1v) is 8.47. The molecule has 0 aliphatic carbocycles. The molecule has 7 nitrogen and oxygen atoms in total. The Balaban J connectivity index is 1.53. The van der Waals surface area contributed by atoms with Crippen molar-refractivity contribution in [2.45, 2.75) is 19.3 Å². The number of nitrogens with one attached hydrogen (secondary N) is 1. The Morgan fingerprint density at radius 1 is 1.20 bits per heavy atom. The normalized spacial score (nSPS) is 16.2. The maximum absolute atomic E-state index is 12.1. The van der Waals surface area contributed by atoms with Gasteiger partial charge in [0.2, 0.25) is 0 Å². The predicted octanol–water partition coefficient (Wildman–Crippen LogP) is 2.12. The van der Waals surface area contributed by atoms with Crippen molar-refractivity contribution >= 4 is 17.6 Å². The summed E-state index contributed by atoms with van der Waals surface area (Å²) in [6.07, 6.45) is 3.32. The van der Waals surface area contributed by atoms with E-state index in [0.717, 1.165) is 23.5 Å². The molecule has 0 fully saturated rings. The monoisotopic (exact) mass is 346 g/mol. The summed E-state index contributed by atoms with van der Waals surface area (Å²) in [4.78, 5) is 24.3. The van der Waals surface area contributed by atoms with Gasteiger partial charge in [-0.2, -0.15) is 0 Å². The third-order valence-corrected chi connectivity index (χ3v) is 4.25. The maximum Gasteiger partial charge on any atom is 0.317 e. The topological polar surface area (TPSA) is 88.1 Å². The van der Waals surface area contributed by atoms with Crippen molar-refractivity contribution in [3.63, 3.8) is 0 Å². The lowest BCUT2D eigenvalue weighted by Crippen LogP contribution is -2.42. The van der Waals surface area contributed by atoms with Crippen LogP contribution in [-0.4, -0.2) is 54.9 Å². The lowest BCUT2D eigenvalue weighted by atomic mass is 9.99. The Bertz CT molecular complexity index is 686. The second kappa shape index (κ2) is 7.92. The average Bonchev–Trinajstić information content (AvgIpc) is 2.64. The van der Waals surface area contributed by atoms with Crippen LogP contribution in [0.3, 0.4) is 0 Å². The molecule has 2 heterocycles. The quantitative estimate of drug-likeness (QED) is 0.798. The molecule has 1 aromatic rings. The molecule has 1 aromatic carbocycles. The summed E-state index contributed by atoms with van der Waals surface area (Å²) in [5.74, 6) is 0.691. The number of fused-ring (bicyclic) bond motifs is 1. The number of hydrogen-bond acceptors (Lipinski definition) is 4. The van der Waals surface area contributed by atoms with E-state index in [0.29, 0.717) is 39.3 Å². The van der Waals surface area contributed by atoms with E-state index in [9.17, 15) is 9.59 Å². The van der Waals surface area contributed by atoms with Crippen LogP contribution in [0.25, 0.3) is 5.57 Å². The van der Waals surface area contributed by atoms with E-state index >= 15 is 0 Å². The van der Waals surface area contributed by atoms with Gasteiger partial charge in [-0.05, 0) is 36.1 Å². The molecule has 7 heteroatoms. The third-order valence-electron chi connectivity index (χ3n) is 4.25. The van der Waals surface area contributed by atoms with Gasteiger partial charge in [-0.15, -0.1) is 0 Å². The summed E-state index contributed by atoms with van der Waals surface area (Å²) >= 11 is 0. The molecule has 0 unspecified atom stereocenters. The van der Waals surface area contributed by atoms with E-state index in [4.69, 9.17) is 14.6 Å². The fraction of sp³-hybridized carbons (Fsp3) is 0.444. The smallest absolute Gasteiger partial charge is 0.317 e. The highest BCUT2D eigenvalue weighted by molar-refractivity contribution is 5.77. The summed E-state index contributed by atoms with van der Waals surface area (Å²) in [6.45, 7) is 2.68. The van der Waals surface area contributed by atoms with Crippen LogP contribution in [0.4, 0.5) is 4.79 Å². The van der Waals surface area contributed by atoms with E-state index in [1.54, 1.807) is 4.90 Å². The number of carbonyl (C=O) groups excluding carboxylic acids is 1. The Kier molecular flexibility index (Phi) is 5.42. The summed E-state index contributed by atoms with van der Waals surface area (Å²) in [7, 11) is 0. The molecule has 0 radical (unpaired) electrons. The average molecular weight is 346 g/mol. The van der Waals surface area contributed by atoms with Crippen molar-refractivity contribution in [2.24, 2.45) is 0 Å². The minimum Gasteiger partial charge on any atom is -0.486 e. The third kappa shape index (κ3) is 4.43. The van der Waals surface area contributed by atoms with Crippen molar-refractivity contribution in [1.82, 2.24) is 10.2 Å². The van der Waals surface area contributed by atoms with Crippen LogP contribution in [0.2, 0.25) is 0 Å². The van der Waals surface area contributed by atoms with Crippen LogP contribution in [0.5, 0.6) is 11.5 Å². The van der Waals surface area contributed by atoms with Gasteiger partial charge in [0.05, 0.1) is 0 Å². The number of aliphatic carboxylic acids is 1. The minimum absolute atomic E-state index is 0.0639. The number of ether oxygens (including phenoxy) is 2. The molecule has 2 amide bonds. The molecule has 2 aliphatic rings. The van der Waals surface area contributed by atoms with Gasteiger partial charge >= 0.3 is 12.0 Å². The van der Waals surface area contributed by atoms with Crippen molar-refractivity contribution in [3.05, 3.63) is 29.8 Å². The molecule has 0 aromatic heterocycles. The zero-order valence-electron chi connectivity index (χ0n) is 14.0. The summed E-state index contributed by atoms with van der Waals surface area (Å²) in [5, 5.41) is 11.4. The first-order chi connectivity index (χ1) is 12.1. The Labute approximate surface area is 146 Å². The number of carbonyl (C=O) groups is 2. The number of hydrogen-bond donors (Lipinski definition) is 2. The van der Waals surface area contributed by atoms with Gasteiger partial charge in [0, 0.05) is 26.1 Å². The molecular weight excluding hydrogens is 324 g/mol. The van der Waals surface area contributed by atoms with Crippen molar-refractivity contribution in [1.29, 1.82) is 0 Å². The lowest BCUT2D eigenvalue weighted by molar-refractivity contribution is -0.137. The standard InChI is InChI=1S/C18H22N2O5/c21-17(22)2-1-7-19-18(23)20-8-5-13(6-9-20)14-3-4-15-16(12-14)25-11-10-24-15/h3-5,12H,1-2,6-11H2,(H,19,23)(H,21,22). The SMILES string of the molecule is O=C(O)CCCNC(=O)N1CC=C(c2ccc3c(c2)OCCO3)CC1. The molecule has 0 atom stereocenters. The molecule has 0 spiro atoms. The fourth-order valence-corrected chi connectivity index (χ4v) is 2.91. The van der Waals surface area contributed by atoms with Gasteiger partial charge < -0.3 is 24.8 Å². The maximum atomic E-state index is 12.1. The minimum atomic E-state index is -0.848. The summed E-state index contributed by atoms with van der Waals surface area (Å²) in [5.41, 5.74) is 2.28. The number of amides is 2. The predicted molar refractivity (Wildman–Crippen MR) is 91.9 cm³/mol. The highest BCUT2D eigenvalue weighted by Gasteiger charge is 2.19. The van der Waals surface area contributed by atoms with Crippen LogP contribution < -0.4 is 14.8 Å². The number of rotatable bonds is 5. The van der Waals surface area contributed by atoms with Gasteiger partial charge in [0.25, 0.3) is 0 Å². The largest absolute Gasteiger partial charge is 0.486 e. The summed E-state index contributed by atoms with van der Waals surface area (Å²) in [6, 6.07) is 5.78. The van der Waals surface area contributed by atoms with Gasteiger partial charge in [-0.25, -0.2) is 4.79 Å². The molecule has 3 rings (SSSR count). The van der Waals surface area contributed by atoms with E-state index in [1.807, 2.05) is 24.3 Å². The van der Waals surface area contributed by atoms with Crippen LogP contribution in [0.1, 0.15) is 24.8 Å². The highest BCUT2D eigenvalue weighted by atomic mass is 16.6. The zero-order valence-corrected chi connectivity index (χ0v) is 14.0. The van der Waals surface area contributed by atoms with Gasteiger partial charge in [0.15, 0.2) is 11.5 Å². The fourth-order valence-electron chi connectivity index (χ4n) is 2.91. The lowest BCUT2D eigenvalue weighted by Gasteiger charge is -2.27. The summed E-state index contributed by atoms with van der Waals surface area (Å²) < 4.78 is 11.2. The molecular formula is C18H22N2O5. The van der Waals surface area contributed by atoms with Crippen molar-refractivity contribution in [3.8, 4) is 11.5 Å². The van der Waals surface area contributed by atoms with Crippen molar-refractivity contribution < 1.29 is 24.2 Å². The van der Waals surface area contributed by atoms with E-state index in [1.165, 1.54) is 5.57 Å². The molecule has 0 saturated heterocycles. The second-order valence-corrected chi connectivity index (χ2v) is 6.01. The number of nitrogens with zero attached hydrogens (tertiary/aromatic N) is 1. The van der Waals surface area contributed by atoms with Crippen LogP contribution in [-0.2, 0) is 4.79 Å².